The summed E-state index contributed by atoms with van der Waals surface area (Å²) < 4.78 is 0. The first-order valence-corrected chi connectivity index (χ1v) is 5.08. The standard InChI is InChI=1S/C11H13N3O2/c12-5-6-14-11(16)7-10(13-14)8-1-3-9(15)4-2-8/h1-4,15H,5-7,12H2. The summed E-state index contributed by atoms with van der Waals surface area (Å²) in [6.07, 6.45) is 0.296. The molecule has 0 aliphatic carbocycles. The molecule has 0 aromatic heterocycles. The summed E-state index contributed by atoms with van der Waals surface area (Å²) in [4.78, 5) is 11.5. The maximum absolute atomic E-state index is 11.5. The summed E-state index contributed by atoms with van der Waals surface area (Å²) in [5.41, 5.74) is 6.95. The van der Waals surface area contributed by atoms with Crippen LogP contribution in [0.15, 0.2) is 29.4 Å². The van der Waals surface area contributed by atoms with E-state index in [2.05, 4.69) is 5.10 Å². The average molecular weight is 219 g/mol. The van der Waals surface area contributed by atoms with Crippen molar-refractivity contribution in [2.24, 2.45) is 10.8 Å². The van der Waals surface area contributed by atoms with E-state index < -0.39 is 0 Å². The van der Waals surface area contributed by atoms with Crippen molar-refractivity contribution in [1.82, 2.24) is 5.01 Å². The van der Waals surface area contributed by atoms with Gasteiger partial charge >= 0.3 is 0 Å². The van der Waals surface area contributed by atoms with Crippen LogP contribution in [-0.4, -0.2) is 34.8 Å². The van der Waals surface area contributed by atoms with Gasteiger partial charge in [-0.2, -0.15) is 5.10 Å². The molecule has 5 nitrogen and oxygen atoms in total. The van der Waals surface area contributed by atoms with Crippen LogP contribution in [-0.2, 0) is 4.79 Å². The predicted octanol–water partition coefficient (Wildman–Crippen LogP) is 0.287. The van der Waals surface area contributed by atoms with E-state index in [0.717, 1.165) is 11.3 Å². The molecule has 0 unspecified atom stereocenters. The minimum absolute atomic E-state index is 0.0338. The summed E-state index contributed by atoms with van der Waals surface area (Å²) >= 11 is 0. The molecule has 0 radical (unpaired) electrons. The van der Waals surface area contributed by atoms with Gasteiger partial charge in [-0.3, -0.25) is 4.79 Å². The zero-order valence-electron chi connectivity index (χ0n) is 8.76. The number of carbonyl (C=O) groups excluding carboxylic acids is 1. The van der Waals surface area contributed by atoms with Crippen LogP contribution in [0.5, 0.6) is 5.75 Å². The first-order valence-electron chi connectivity index (χ1n) is 5.08. The molecule has 0 saturated heterocycles. The van der Waals surface area contributed by atoms with E-state index in [4.69, 9.17) is 10.8 Å². The molecule has 1 aliphatic heterocycles. The number of hydrogen-bond donors (Lipinski definition) is 2. The van der Waals surface area contributed by atoms with E-state index in [1.54, 1.807) is 24.3 Å². The van der Waals surface area contributed by atoms with Gasteiger partial charge in [0, 0.05) is 6.54 Å². The van der Waals surface area contributed by atoms with E-state index in [-0.39, 0.29) is 11.7 Å². The Morgan fingerprint density at radius 3 is 2.69 bits per heavy atom. The van der Waals surface area contributed by atoms with Gasteiger partial charge in [-0.1, -0.05) is 0 Å². The van der Waals surface area contributed by atoms with Crippen molar-refractivity contribution in [2.45, 2.75) is 6.42 Å². The Kier molecular flexibility index (Phi) is 2.87. The fraction of sp³-hybridized carbons (Fsp3) is 0.273. The third-order valence-electron chi connectivity index (χ3n) is 2.39. The van der Waals surface area contributed by atoms with E-state index in [1.807, 2.05) is 0 Å². The minimum Gasteiger partial charge on any atom is -0.508 e. The van der Waals surface area contributed by atoms with Crippen molar-refractivity contribution < 1.29 is 9.90 Å². The lowest BCUT2D eigenvalue weighted by molar-refractivity contribution is -0.128. The van der Waals surface area contributed by atoms with Crippen LogP contribution in [0.3, 0.4) is 0 Å². The number of hydrazone groups is 1. The highest BCUT2D eigenvalue weighted by Gasteiger charge is 2.23. The minimum atomic E-state index is -0.0338. The van der Waals surface area contributed by atoms with Gasteiger partial charge in [0.25, 0.3) is 0 Å². The van der Waals surface area contributed by atoms with Crippen LogP contribution in [0.2, 0.25) is 0 Å². The van der Waals surface area contributed by atoms with Crippen molar-refractivity contribution >= 4 is 11.6 Å². The highest BCUT2D eigenvalue weighted by Crippen LogP contribution is 2.17. The topological polar surface area (TPSA) is 78.9 Å². The number of nitrogens with two attached hydrogens (primary N) is 1. The predicted molar refractivity (Wildman–Crippen MR) is 60.0 cm³/mol. The van der Waals surface area contributed by atoms with Gasteiger partial charge in [0.05, 0.1) is 18.7 Å². The third-order valence-corrected chi connectivity index (χ3v) is 2.39. The molecule has 1 aliphatic rings. The van der Waals surface area contributed by atoms with Gasteiger partial charge in [0.15, 0.2) is 0 Å². The molecule has 1 heterocycles. The lowest BCUT2D eigenvalue weighted by Crippen LogP contribution is -2.26. The van der Waals surface area contributed by atoms with Crippen molar-refractivity contribution in [3.63, 3.8) is 0 Å². The Hall–Kier alpha value is -1.88. The number of phenols is 1. The van der Waals surface area contributed by atoms with Crippen LogP contribution in [0, 0.1) is 0 Å². The smallest absolute Gasteiger partial charge is 0.248 e. The second-order valence-electron chi connectivity index (χ2n) is 3.58. The molecular formula is C11H13N3O2. The maximum Gasteiger partial charge on any atom is 0.248 e. The Morgan fingerprint density at radius 2 is 2.06 bits per heavy atom. The monoisotopic (exact) mass is 219 g/mol. The first-order chi connectivity index (χ1) is 7.70. The third kappa shape index (κ3) is 2.04. The van der Waals surface area contributed by atoms with Gasteiger partial charge in [-0.25, -0.2) is 5.01 Å². The zero-order chi connectivity index (χ0) is 11.5. The fourth-order valence-electron chi connectivity index (χ4n) is 1.58. The van der Waals surface area contributed by atoms with Crippen LogP contribution < -0.4 is 5.73 Å². The fourth-order valence-corrected chi connectivity index (χ4v) is 1.58. The van der Waals surface area contributed by atoms with Gasteiger partial charge < -0.3 is 10.8 Å². The molecule has 1 aromatic rings. The molecule has 3 N–H and O–H groups in total. The van der Waals surface area contributed by atoms with Gasteiger partial charge in [-0.15, -0.1) is 0 Å². The zero-order valence-corrected chi connectivity index (χ0v) is 8.76. The Bertz CT molecular complexity index is 425. The van der Waals surface area contributed by atoms with E-state index >= 15 is 0 Å². The Balaban J connectivity index is 2.20. The normalized spacial score (nSPS) is 15.4. The SMILES string of the molecule is NCCN1N=C(c2ccc(O)cc2)CC1=O. The summed E-state index contributed by atoms with van der Waals surface area (Å²) in [5, 5.41) is 14.7. The highest BCUT2D eigenvalue weighted by atomic mass is 16.3. The molecule has 0 fully saturated rings. The highest BCUT2D eigenvalue weighted by molar-refractivity contribution is 6.13. The van der Waals surface area contributed by atoms with Crippen molar-refractivity contribution in [3.8, 4) is 5.75 Å². The molecule has 2 rings (SSSR count). The largest absolute Gasteiger partial charge is 0.508 e. The molecule has 0 atom stereocenters. The number of rotatable bonds is 3. The quantitative estimate of drug-likeness (QED) is 0.766. The summed E-state index contributed by atoms with van der Waals surface area (Å²) in [6, 6.07) is 6.64. The summed E-state index contributed by atoms with van der Waals surface area (Å²) in [5.74, 6) is 0.168. The van der Waals surface area contributed by atoms with E-state index in [0.29, 0.717) is 19.5 Å². The number of nitrogens with zero attached hydrogens (tertiary/aromatic N) is 2. The molecule has 5 heteroatoms. The second-order valence-corrected chi connectivity index (χ2v) is 3.58. The van der Waals surface area contributed by atoms with Gasteiger partial charge in [0.2, 0.25) is 5.91 Å². The number of benzene rings is 1. The van der Waals surface area contributed by atoms with Crippen LogP contribution in [0.4, 0.5) is 0 Å². The number of amides is 1. The molecule has 1 aromatic carbocycles. The van der Waals surface area contributed by atoms with Gasteiger partial charge in [-0.05, 0) is 29.8 Å². The van der Waals surface area contributed by atoms with Crippen LogP contribution >= 0.6 is 0 Å². The maximum atomic E-state index is 11.5. The summed E-state index contributed by atoms with van der Waals surface area (Å²) in [7, 11) is 0. The van der Waals surface area contributed by atoms with Crippen LogP contribution in [0.1, 0.15) is 12.0 Å². The molecular weight excluding hydrogens is 206 g/mol. The Morgan fingerprint density at radius 1 is 1.38 bits per heavy atom. The van der Waals surface area contributed by atoms with Crippen molar-refractivity contribution in [1.29, 1.82) is 0 Å². The van der Waals surface area contributed by atoms with E-state index in [1.165, 1.54) is 5.01 Å². The van der Waals surface area contributed by atoms with Gasteiger partial charge in [0.1, 0.15) is 5.75 Å². The Labute approximate surface area is 93.2 Å². The van der Waals surface area contributed by atoms with E-state index in [9.17, 15) is 4.79 Å². The molecule has 0 saturated carbocycles. The summed E-state index contributed by atoms with van der Waals surface area (Å²) in [6.45, 7) is 0.846. The first kappa shape index (κ1) is 10.6. The number of carbonyl (C=O) groups is 1. The van der Waals surface area contributed by atoms with Crippen molar-refractivity contribution in [2.75, 3.05) is 13.1 Å². The molecule has 84 valence electrons. The molecule has 16 heavy (non-hydrogen) atoms. The second kappa shape index (κ2) is 4.32. The molecule has 1 amide bonds. The average Bonchev–Trinajstić information content (AvgIpc) is 2.62. The number of hydrogen-bond acceptors (Lipinski definition) is 4. The molecule has 0 bridgehead atoms. The van der Waals surface area contributed by atoms with Crippen LogP contribution in [0.25, 0.3) is 0 Å². The molecule has 0 spiro atoms. The lowest BCUT2D eigenvalue weighted by Gasteiger charge is -2.08. The van der Waals surface area contributed by atoms with Crippen molar-refractivity contribution in [3.05, 3.63) is 29.8 Å². The number of aromatic hydroxyl groups is 1. The lowest BCUT2D eigenvalue weighted by atomic mass is 10.1. The number of phenolic OH excluding ortho intramolecular Hbond substituents is 1.